The van der Waals surface area contributed by atoms with Gasteiger partial charge in [-0.15, -0.1) is 11.8 Å². The molecular weight excluding hydrogens is 277 g/mol. The number of halogens is 1. The molecular formula is C15H16FNO2S. The molecule has 0 spiro atoms. The van der Waals surface area contributed by atoms with Crippen LogP contribution in [0.2, 0.25) is 0 Å². The fraction of sp³-hybridized carbons (Fsp3) is 0.200. The molecule has 2 aromatic rings. The summed E-state index contributed by atoms with van der Waals surface area (Å²) in [6, 6.07) is 10.4. The van der Waals surface area contributed by atoms with Crippen LogP contribution in [0.15, 0.2) is 41.3 Å². The van der Waals surface area contributed by atoms with Gasteiger partial charge < -0.3 is 15.2 Å². The fourth-order valence-electron chi connectivity index (χ4n) is 1.77. The summed E-state index contributed by atoms with van der Waals surface area (Å²) < 4.78 is 24.1. The zero-order valence-electron chi connectivity index (χ0n) is 11.4. The molecule has 0 aliphatic heterocycles. The Labute approximate surface area is 121 Å². The first-order chi connectivity index (χ1) is 9.63. The van der Waals surface area contributed by atoms with Gasteiger partial charge in [-0.1, -0.05) is 6.07 Å². The number of thioether (sulfide) groups is 1. The van der Waals surface area contributed by atoms with E-state index in [0.29, 0.717) is 27.8 Å². The van der Waals surface area contributed by atoms with Gasteiger partial charge in [0.1, 0.15) is 5.82 Å². The van der Waals surface area contributed by atoms with Gasteiger partial charge >= 0.3 is 0 Å². The van der Waals surface area contributed by atoms with Crippen LogP contribution in [0.25, 0.3) is 0 Å². The van der Waals surface area contributed by atoms with Crippen LogP contribution in [0.4, 0.5) is 10.1 Å². The molecule has 0 aliphatic carbocycles. The van der Waals surface area contributed by atoms with E-state index in [1.807, 2.05) is 18.2 Å². The van der Waals surface area contributed by atoms with Crippen molar-refractivity contribution < 1.29 is 13.9 Å². The fourth-order valence-corrected chi connectivity index (χ4v) is 2.63. The normalized spacial score (nSPS) is 10.3. The van der Waals surface area contributed by atoms with Crippen LogP contribution in [0, 0.1) is 5.82 Å². The summed E-state index contributed by atoms with van der Waals surface area (Å²) in [7, 11) is 3.18. The first-order valence-electron chi connectivity index (χ1n) is 6.02. The number of nitrogens with two attached hydrogens (primary N) is 1. The quantitative estimate of drug-likeness (QED) is 0.674. The molecule has 0 aliphatic rings. The molecule has 2 aromatic carbocycles. The molecule has 20 heavy (non-hydrogen) atoms. The number of benzene rings is 2. The van der Waals surface area contributed by atoms with Crippen LogP contribution in [0.5, 0.6) is 11.5 Å². The summed E-state index contributed by atoms with van der Waals surface area (Å²) in [6.45, 7) is 0. The SMILES string of the molecule is COc1ccc(CSc2ccc(N)cc2F)cc1OC. The van der Waals surface area contributed by atoms with Crippen LogP contribution in [-0.2, 0) is 5.75 Å². The van der Waals surface area contributed by atoms with Crippen molar-refractivity contribution in [3.63, 3.8) is 0 Å². The van der Waals surface area contributed by atoms with Crippen LogP contribution >= 0.6 is 11.8 Å². The molecule has 5 heteroatoms. The minimum Gasteiger partial charge on any atom is -0.493 e. The Morgan fingerprint density at radius 2 is 1.80 bits per heavy atom. The molecule has 0 fully saturated rings. The van der Waals surface area contributed by atoms with E-state index in [2.05, 4.69) is 0 Å². The summed E-state index contributed by atoms with van der Waals surface area (Å²) in [4.78, 5) is 0.578. The molecule has 0 saturated carbocycles. The molecule has 0 radical (unpaired) electrons. The average molecular weight is 293 g/mol. The highest BCUT2D eigenvalue weighted by atomic mass is 32.2. The Morgan fingerprint density at radius 1 is 1.05 bits per heavy atom. The molecule has 3 nitrogen and oxygen atoms in total. The van der Waals surface area contributed by atoms with Crippen molar-refractivity contribution in [2.24, 2.45) is 0 Å². The van der Waals surface area contributed by atoms with Crippen LogP contribution < -0.4 is 15.2 Å². The third-order valence-electron chi connectivity index (χ3n) is 2.80. The van der Waals surface area contributed by atoms with E-state index in [9.17, 15) is 4.39 Å². The zero-order chi connectivity index (χ0) is 14.5. The number of hydrogen-bond donors (Lipinski definition) is 1. The van der Waals surface area contributed by atoms with Crippen molar-refractivity contribution in [1.82, 2.24) is 0 Å². The molecule has 0 heterocycles. The monoisotopic (exact) mass is 293 g/mol. The standard InChI is InChI=1S/C15H16FNO2S/c1-18-13-5-3-10(7-14(13)19-2)9-20-15-6-4-11(17)8-12(15)16/h3-8H,9,17H2,1-2H3. The number of nitrogen functional groups attached to an aromatic ring is 1. The van der Waals surface area contributed by atoms with Gasteiger partial charge in [-0.3, -0.25) is 0 Å². The lowest BCUT2D eigenvalue weighted by atomic mass is 10.2. The number of rotatable bonds is 5. The van der Waals surface area contributed by atoms with Gasteiger partial charge in [0.2, 0.25) is 0 Å². The second-order valence-electron chi connectivity index (χ2n) is 4.17. The highest BCUT2D eigenvalue weighted by molar-refractivity contribution is 7.98. The first kappa shape index (κ1) is 14.5. The predicted octanol–water partition coefficient (Wildman–Crippen LogP) is 3.72. The third kappa shape index (κ3) is 3.36. The number of anilines is 1. The van der Waals surface area contributed by atoms with Crippen molar-refractivity contribution in [2.75, 3.05) is 20.0 Å². The van der Waals surface area contributed by atoms with Crippen molar-refractivity contribution >= 4 is 17.4 Å². The maximum atomic E-state index is 13.7. The third-order valence-corrected chi connectivity index (χ3v) is 3.92. The Kier molecular flexibility index (Phi) is 4.74. The smallest absolute Gasteiger partial charge is 0.161 e. The lowest BCUT2D eigenvalue weighted by Gasteiger charge is -2.09. The van der Waals surface area contributed by atoms with Gasteiger partial charge in [0.05, 0.1) is 14.2 Å². The van der Waals surface area contributed by atoms with Gasteiger partial charge in [0.25, 0.3) is 0 Å². The average Bonchev–Trinajstić information content (AvgIpc) is 2.46. The minimum absolute atomic E-state index is 0.296. The summed E-state index contributed by atoms with van der Waals surface area (Å²) in [5.74, 6) is 1.69. The second-order valence-corrected chi connectivity index (χ2v) is 5.19. The van der Waals surface area contributed by atoms with Gasteiger partial charge in [-0.25, -0.2) is 4.39 Å². The molecule has 2 N–H and O–H groups in total. The lowest BCUT2D eigenvalue weighted by molar-refractivity contribution is 0.354. The van der Waals surface area contributed by atoms with Crippen molar-refractivity contribution in [2.45, 2.75) is 10.6 Å². The molecule has 106 valence electrons. The molecule has 0 saturated heterocycles. The molecule has 0 unspecified atom stereocenters. The van der Waals surface area contributed by atoms with E-state index in [1.54, 1.807) is 26.4 Å². The summed E-state index contributed by atoms with van der Waals surface area (Å²) in [5.41, 5.74) is 6.98. The Balaban J connectivity index is 2.10. The largest absolute Gasteiger partial charge is 0.493 e. The lowest BCUT2D eigenvalue weighted by Crippen LogP contribution is -1.92. The van der Waals surface area contributed by atoms with Gasteiger partial charge in [-0.05, 0) is 35.9 Å². The van der Waals surface area contributed by atoms with E-state index in [0.717, 1.165) is 5.56 Å². The van der Waals surface area contributed by atoms with Crippen molar-refractivity contribution in [3.05, 3.63) is 47.8 Å². The molecule has 0 amide bonds. The van der Waals surface area contributed by atoms with E-state index < -0.39 is 0 Å². The Morgan fingerprint density at radius 3 is 2.45 bits per heavy atom. The maximum absolute atomic E-state index is 13.7. The number of methoxy groups -OCH3 is 2. The molecule has 0 bridgehead atoms. The second kappa shape index (κ2) is 6.52. The van der Waals surface area contributed by atoms with E-state index in [-0.39, 0.29) is 5.82 Å². The van der Waals surface area contributed by atoms with E-state index in [4.69, 9.17) is 15.2 Å². The van der Waals surface area contributed by atoms with Gasteiger partial charge in [-0.2, -0.15) is 0 Å². The highest BCUT2D eigenvalue weighted by Crippen LogP contribution is 2.31. The minimum atomic E-state index is -0.296. The maximum Gasteiger partial charge on any atom is 0.161 e. The predicted molar refractivity (Wildman–Crippen MR) is 79.9 cm³/mol. The summed E-state index contributed by atoms with van der Waals surface area (Å²) >= 11 is 1.41. The molecule has 2 rings (SSSR count). The van der Waals surface area contributed by atoms with E-state index in [1.165, 1.54) is 17.8 Å². The topological polar surface area (TPSA) is 44.5 Å². The molecule has 0 atom stereocenters. The number of ether oxygens (including phenoxy) is 2. The van der Waals surface area contributed by atoms with Gasteiger partial charge in [0, 0.05) is 16.3 Å². The van der Waals surface area contributed by atoms with E-state index >= 15 is 0 Å². The number of hydrogen-bond acceptors (Lipinski definition) is 4. The van der Waals surface area contributed by atoms with Crippen LogP contribution in [0.1, 0.15) is 5.56 Å². The first-order valence-corrected chi connectivity index (χ1v) is 7.01. The molecule has 0 aromatic heterocycles. The highest BCUT2D eigenvalue weighted by Gasteiger charge is 2.07. The summed E-state index contributed by atoms with van der Waals surface area (Å²) in [6.07, 6.45) is 0. The Bertz CT molecular complexity index is 604. The van der Waals surface area contributed by atoms with Crippen LogP contribution in [-0.4, -0.2) is 14.2 Å². The zero-order valence-corrected chi connectivity index (χ0v) is 12.2. The summed E-state index contributed by atoms with van der Waals surface area (Å²) in [5, 5.41) is 0. The van der Waals surface area contributed by atoms with Crippen LogP contribution in [0.3, 0.4) is 0 Å². The Hall–Kier alpha value is -1.88. The van der Waals surface area contributed by atoms with Gasteiger partial charge in [0.15, 0.2) is 11.5 Å². The van der Waals surface area contributed by atoms with Crippen molar-refractivity contribution in [1.29, 1.82) is 0 Å². The van der Waals surface area contributed by atoms with Crippen molar-refractivity contribution in [3.8, 4) is 11.5 Å².